The van der Waals surface area contributed by atoms with Crippen molar-refractivity contribution in [3.05, 3.63) is 144 Å². The predicted octanol–water partition coefficient (Wildman–Crippen LogP) is 6.94. The number of hydrogen-bond acceptors (Lipinski definition) is 4. The normalized spacial score (nSPS) is 13.6. The van der Waals surface area contributed by atoms with Gasteiger partial charge in [-0.1, -0.05) is 72.8 Å². The number of benzene rings is 4. The second-order valence-corrected chi connectivity index (χ2v) is 9.51. The Labute approximate surface area is 214 Å². The van der Waals surface area contributed by atoms with Gasteiger partial charge >= 0.3 is 0 Å². The molecule has 172 valence electrons. The number of aromatic nitrogens is 4. The molecular weight excluding hydrogens is 452 g/mol. The number of nitrogens with zero attached hydrogens (tertiary/aromatic N) is 4. The van der Waals surface area contributed by atoms with Crippen molar-refractivity contribution in [3.8, 4) is 45.0 Å². The molecule has 6 aromatic rings. The van der Waals surface area contributed by atoms with Crippen LogP contribution in [0.25, 0.3) is 45.0 Å². The summed E-state index contributed by atoms with van der Waals surface area (Å²) in [4.78, 5) is 18.2. The van der Waals surface area contributed by atoms with Gasteiger partial charge < -0.3 is 0 Å². The fourth-order valence-corrected chi connectivity index (χ4v) is 6.31. The highest BCUT2D eigenvalue weighted by Crippen LogP contribution is 2.63. The van der Waals surface area contributed by atoms with Crippen molar-refractivity contribution >= 4 is 0 Å². The first kappa shape index (κ1) is 20.3. The van der Waals surface area contributed by atoms with Gasteiger partial charge in [0.15, 0.2) is 11.6 Å². The topological polar surface area (TPSA) is 51.6 Å². The largest absolute Gasteiger partial charge is 0.237 e. The minimum atomic E-state index is -0.451. The number of rotatable bonds is 2. The SMILES string of the molecule is c1cnc(-c2ccc3c(c2)C2(c4ccccc4-3)c3ccccc3-c3ccc(-c4ncccn4)cc32)nc1. The van der Waals surface area contributed by atoms with Crippen LogP contribution in [0.5, 0.6) is 0 Å². The van der Waals surface area contributed by atoms with Gasteiger partial charge in [0.1, 0.15) is 0 Å². The van der Waals surface area contributed by atoms with Crippen molar-refractivity contribution in [2.75, 3.05) is 0 Å². The quantitative estimate of drug-likeness (QED) is 0.273. The van der Waals surface area contributed by atoms with Gasteiger partial charge in [0, 0.05) is 35.9 Å². The smallest absolute Gasteiger partial charge is 0.159 e. The predicted molar refractivity (Wildman–Crippen MR) is 145 cm³/mol. The molecule has 2 aliphatic carbocycles. The van der Waals surface area contributed by atoms with Gasteiger partial charge in [-0.15, -0.1) is 0 Å². The molecule has 8 rings (SSSR count). The van der Waals surface area contributed by atoms with E-state index in [0.717, 1.165) is 22.8 Å². The van der Waals surface area contributed by atoms with Crippen LogP contribution in [0.4, 0.5) is 0 Å². The molecule has 4 aromatic carbocycles. The molecule has 2 heterocycles. The third-order valence-corrected chi connectivity index (χ3v) is 7.74. The first-order chi connectivity index (χ1) is 18.4. The molecule has 0 atom stereocenters. The Hall–Kier alpha value is -4.96. The summed E-state index contributed by atoms with van der Waals surface area (Å²) in [6.07, 6.45) is 7.19. The van der Waals surface area contributed by atoms with E-state index in [4.69, 9.17) is 0 Å². The first-order valence-corrected chi connectivity index (χ1v) is 12.4. The Morgan fingerprint density at radius 1 is 0.378 bits per heavy atom. The maximum absolute atomic E-state index is 4.55. The third-order valence-electron chi connectivity index (χ3n) is 7.74. The molecule has 4 heteroatoms. The molecule has 0 unspecified atom stereocenters. The molecule has 1 spiro atoms. The molecule has 0 radical (unpaired) electrons. The molecule has 0 N–H and O–H groups in total. The molecule has 0 saturated carbocycles. The Morgan fingerprint density at radius 3 is 1.24 bits per heavy atom. The summed E-state index contributed by atoms with van der Waals surface area (Å²) in [5.41, 5.74) is 11.7. The van der Waals surface area contributed by atoms with Crippen LogP contribution in [0.1, 0.15) is 22.3 Å². The summed E-state index contributed by atoms with van der Waals surface area (Å²) in [5, 5.41) is 0. The van der Waals surface area contributed by atoms with Crippen molar-refractivity contribution in [3.63, 3.8) is 0 Å². The van der Waals surface area contributed by atoms with Crippen LogP contribution >= 0.6 is 0 Å². The molecule has 0 amide bonds. The monoisotopic (exact) mass is 472 g/mol. The minimum Gasteiger partial charge on any atom is -0.237 e. The Morgan fingerprint density at radius 2 is 0.784 bits per heavy atom. The van der Waals surface area contributed by atoms with Crippen LogP contribution in [-0.2, 0) is 5.41 Å². The lowest BCUT2D eigenvalue weighted by Crippen LogP contribution is -2.26. The third kappa shape index (κ3) is 2.67. The molecule has 4 nitrogen and oxygen atoms in total. The highest BCUT2D eigenvalue weighted by atomic mass is 14.9. The van der Waals surface area contributed by atoms with E-state index in [-0.39, 0.29) is 0 Å². The van der Waals surface area contributed by atoms with Crippen molar-refractivity contribution in [1.29, 1.82) is 0 Å². The van der Waals surface area contributed by atoms with Crippen molar-refractivity contribution in [2.45, 2.75) is 5.41 Å². The van der Waals surface area contributed by atoms with Crippen LogP contribution in [0, 0.1) is 0 Å². The maximum atomic E-state index is 4.55. The molecule has 0 fully saturated rings. The highest BCUT2D eigenvalue weighted by molar-refractivity contribution is 5.96. The van der Waals surface area contributed by atoms with Crippen LogP contribution < -0.4 is 0 Å². The summed E-state index contributed by atoms with van der Waals surface area (Å²) >= 11 is 0. The van der Waals surface area contributed by atoms with E-state index in [2.05, 4.69) is 105 Å². The molecule has 0 bridgehead atoms. The number of fused-ring (bicyclic) bond motifs is 10. The minimum absolute atomic E-state index is 0.451. The van der Waals surface area contributed by atoms with E-state index in [0.29, 0.717) is 0 Å². The van der Waals surface area contributed by atoms with Crippen molar-refractivity contribution in [1.82, 2.24) is 19.9 Å². The van der Waals surface area contributed by atoms with Gasteiger partial charge in [-0.3, -0.25) is 0 Å². The molecule has 2 aromatic heterocycles. The Kier molecular flexibility index (Phi) is 4.12. The summed E-state index contributed by atoms with van der Waals surface area (Å²) < 4.78 is 0. The van der Waals surface area contributed by atoms with Crippen LogP contribution in [0.3, 0.4) is 0 Å². The Bertz CT molecular complexity index is 1690. The van der Waals surface area contributed by atoms with Gasteiger partial charge in [0.05, 0.1) is 5.41 Å². The van der Waals surface area contributed by atoms with Gasteiger partial charge in [-0.25, -0.2) is 19.9 Å². The molecular formula is C33H20N4. The maximum Gasteiger partial charge on any atom is 0.159 e. The zero-order chi connectivity index (χ0) is 24.4. The van der Waals surface area contributed by atoms with Gasteiger partial charge in [-0.05, 0) is 68.8 Å². The second-order valence-electron chi connectivity index (χ2n) is 9.51. The van der Waals surface area contributed by atoms with E-state index in [1.807, 2.05) is 12.1 Å². The molecule has 37 heavy (non-hydrogen) atoms. The van der Waals surface area contributed by atoms with Crippen molar-refractivity contribution < 1.29 is 0 Å². The molecule has 2 aliphatic rings. The fraction of sp³-hybridized carbons (Fsp3) is 0.0303. The standard InChI is InChI=1S/C33H20N4/c1-3-9-27-23(7-1)25-13-11-21(31-34-15-5-16-35-31)19-29(25)33(27)28-10-4-2-8-24(28)26-14-12-22(20-30(26)33)32-36-17-6-18-37-32/h1-20H. The molecule has 0 saturated heterocycles. The van der Waals surface area contributed by atoms with Gasteiger partial charge in [0.25, 0.3) is 0 Å². The van der Waals surface area contributed by atoms with E-state index < -0.39 is 5.41 Å². The fourth-order valence-electron chi connectivity index (χ4n) is 6.31. The molecule has 0 aliphatic heterocycles. The highest BCUT2D eigenvalue weighted by Gasteiger charge is 2.51. The average Bonchev–Trinajstić information content (AvgIpc) is 3.45. The average molecular weight is 473 g/mol. The van der Waals surface area contributed by atoms with Gasteiger partial charge in [0.2, 0.25) is 0 Å². The van der Waals surface area contributed by atoms with E-state index in [1.165, 1.54) is 44.5 Å². The Balaban J connectivity index is 1.50. The lowest BCUT2D eigenvalue weighted by Gasteiger charge is -2.31. The van der Waals surface area contributed by atoms with Gasteiger partial charge in [-0.2, -0.15) is 0 Å². The summed E-state index contributed by atoms with van der Waals surface area (Å²) in [5.74, 6) is 1.46. The number of hydrogen-bond donors (Lipinski definition) is 0. The van der Waals surface area contributed by atoms with E-state index >= 15 is 0 Å². The first-order valence-electron chi connectivity index (χ1n) is 12.4. The van der Waals surface area contributed by atoms with Crippen LogP contribution in [0.15, 0.2) is 122 Å². The van der Waals surface area contributed by atoms with Crippen LogP contribution in [-0.4, -0.2) is 19.9 Å². The second kappa shape index (κ2) is 7.52. The zero-order valence-corrected chi connectivity index (χ0v) is 19.8. The van der Waals surface area contributed by atoms with Crippen molar-refractivity contribution in [2.24, 2.45) is 0 Å². The summed E-state index contributed by atoms with van der Waals surface area (Å²) in [6, 6.07) is 34.7. The van der Waals surface area contributed by atoms with Crippen LogP contribution in [0.2, 0.25) is 0 Å². The summed E-state index contributed by atoms with van der Waals surface area (Å²) in [7, 11) is 0. The lowest BCUT2D eigenvalue weighted by molar-refractivity contribution is 0.794. The summed E-state index contributed by atoms with van der Waals surface area (Å²) in [6.45, 7) is 0. The van der Waals surface area contributed by atoms with E-state index in [1.54, 1.807) is 24.8 Å². The zero-order valence-electron chi connectivity index (χ0n) is 19.8. The van der Waals surface area contributed by atoms with E-state index in [9.17, 15) is 0 Å². The lowest BCUT2D eigenvalue weighted by atomic mass is 9.70.